The van der Waals surface area contributed by atoms with Crippen molar-refractivity contribution in [3.63, 3.8) is 0 Å². The third kappa shape index (κ3) is 3.42. The second kappa shape index (κ2) is 8.17. The number of aromatic nitrogens is 2. The number of benzene rings is 1. The highest BCUT2D eigenvalue weighted by Crippen LogP contribution is 2.48. The van der Waals surface area contributed by atoms with Crippen molar-refractivity contribution in [2.24, 2.45) is 11.1 Å². The normalized spacial score (nSPS) is 22.1. The quantitative estimate of drug-likeness (QED) is 0.531. The van der Waals surface area contributed by atoms with Gasteiger partial charge in [0, 0.05) is 18.2 Å². The Hall–Kier alpha value is -1.99. The van der Waals surface area contributed by atoms with E-state index in [-0.39, 0.29) is 0 Å². The number of nitroso groups, excluding NO2 is 1. The maximum atomic E-state index is 10.6. The minimum atomic E-state index is 0.348. The molecule has 2 atom stereocenters. The lowest BCUT2D eigenvalue weighted by molar-refractivity contribution is 0.246. The van der Waals surface area contributed by atoms with Gasteiger partial charge in [0.25, 0.3) is 5.89 Å². The first-order valence-electron chi connectivity index (χ1n) is 10.0. The molecule has 1 aliphatic heterocycles. The molecule has 148 valence electrons. The highest BCUT2D eigenvalue weighted by Gasteiger charge is 2.42. The maximum Gasteiger partial charge on any atom is 0.264 e. The van der Waals surface area contributed by atoms with E-state index in [9.17, 15) is 4.91 Å². The molecule has 1 aliphatic carbocycles. The second-order valence-electron chi connectivity index (χ2n) is 7.76. The van der Waals surface area contributed by atoms with Gasteiger partial charge >= 0.3 is 0 Å². The van der Waals surface area contributed by atoms with E-state index < -0.39 is 0 Å². The number of fused-ring (bicyclic) bond motifs is 3. The summed E-state index contributed by atoms with van der Waals surface area (Å²) in [6.45, 7) is 6.31. The van der Waals surface area contributed by atoms with Crippen molar-refractivity contribution < 1.29 is 4.52 Å². The lowest BCUT2D eigenvalue weighted by Gasteiger charge is -2.23. The molecular weight excluding hydrogens is 372 g/mol. The van der Waals surface area contributed by atoms with Gasteiger partial charge in [-0.05, 0) is 49.8 Å². The van der Waals surface area contributed by atoms with Crippen molar-refractivity contribution in [1.82, 2.24) is 15.0 Å². The number of rotatable bonds is 7. The van der Waals surface area contributed by atoms with Gasteiger partial charge in [-0.15, -0.1) is 12.6 Å². The molecule has 2 aliphatic rings. The summed E-state index contributed by atoms with van der Waals surface area (Å²) in [4.78, 5) is 18.4. The first kappa shape index (κ1) is 19.3. The van der Waals surface area contributed by atoms with E-state index >= 15 is 0 Å². The Morgan fingerprint density at radius 2 is 2.29 bits per heavy atom. The predicted octanol–water partition coefficient (Wildman–Crippen LogP) is 4.88. The molecule has 1 fully saturated rings. The van der Waals surface area contributed by atoms with Crippen molar-refractivity contribution >= 4 is 17.5 Å². The number of likely N-dealkylation sites (tertiary alicyclic amines) is 1. The predicted molar refractivity (Wildman–Crippen MR) is 113 cm³/mol. The minimum Gasteiger partial charge on any atom is -0.333 e. The fourth-order valence-electron chi connectivity index (χ4n) is 4.70. The van der Waals surface area contributed by atoms with Crippen LogP contribution < -0.4 is 0 Å². The number of hydrogen-bond donors (Lipinski definition) is 1. The van der Waals surface area contributed by atoms with E-state index in [1.807, 2.05) is 0 Å². The SMILES string of the molecule is CCC/C(C)=C(/S)c1nc(-c2cccc3c2CC2CCN(CCN=O)[C@@H]32)no1. The van der Waals surface area contributed by atoms with Gasteiger partial charge in [0.05, 0.1) is 11.4 Å². The summed E-state index contributed by atoms with van der Waals surface area (Å²) in [5, 5.41) is 7.30. The van der Waals surface area contributed by atoms with Crippen LogP contribution in [0.4, 0.5) is 0 Å². The van der Waals surface area contributed by atoms with Gasteiger partial charge in [0.2, 0.25) is 5.82 Å². The largest absolute Gasteiger partial charge is 0.333 e. The van der Waals surface area contributed by atoms with E-state index in [0.717, 1.165) is 54.8 Å². The number of nitrogens with zero attached hydrogens (tertiary/aromatic N) is 4. The van der Waals surface area contributed by atoms with E-state index in [4.69, 9.17) is 4.52 Å². The molecule has 0 amide bonds. The van der Waals surface area contributed by atoms with Crippen LogP contribution in [-0.4, -0.2) is 34.7 Å². The number of allylic oxidation sites excluding steroid dienone is 1. The average molecular weight is 399 g/mol. The fraction of sp³-hybridized carbons (Fsp3) is 0.524. The minimum absolute atomic E-state index is 0.348. The summed E-state index contributed by atoms with van der Waals surface area (Å²) in [7, 11) is 0. The standard InChI is InChI=1S/C21H26N4O2S/c1-3-5-13(2)19(28)21-23-20(24-27-21)16-7-4-6-15-17(16)12-14-8-10-25(18(14)15)11-9-22-26/h4,6-7,14,18,28H,3,5,8-12H2,1-2H3/b19-13+/t14?,18-/m1/s1. The van der Waals surface area contributed by atoms with E-state index in [1.165, 1.54) is 11.1 Å². The van der Waals surface area contributed by atoms with Crippen molar-refractivity contribution in [2.75, 3.05) is 19.6 Å². The van der Waals surface area contributed by atoms with Crippen molar-refractivity contribution in [3.8, 4) is 11.4 Å². The van der Waals surface area contributed by atoms with E-state index in [1.54, 1.807) is 0 Å². The Balaban J connectivity index is 1.65. The van der Waals surface area contributed by atoms with Gasteiger partial charge in [0.15, 0.2) is 0 Å². The molecule has 0 saturated carbocycles. The topological polar surface area (TPSA) is 71.6 Å². The molecular formula is C21H26N4O2S. The van der Waals surface area contributed by atoms with Crippen LogP contribution in [0.25, 0.3) is 16.3 Å². The van der Waals surface area contributed by atoms with Crippen LogP contribution in [0, 0.1) is 10.8 Å². The first-order chi connectivity index (χ1) is 13.6. The Morgan fingerprint density at radius 3 is 3.07 bits per heavy atom. The third-order valence-corrected chi connectivity index (χ3v) is 6.57. The van der Waals surface area contributed by atoms with Gasteiger partial charge in [-0.25, -0.2) is 0 Å². The second-order valence-corrected chi connectivity index (χ2v) is 8.21. The molecule has 1 aromatic heterocycles. The van der Waals surface area contributed by atoms with Crippen LogP contribution in [0.2, 0.25) is 0 Å². The molecule has 1 unspecified atom stereocenters. The smallest absolute Gasteiger partial charge is 0.264 e. The lowest BCUT2D eigenvalue weighted by atomic mass is 10.0. The van der Waals surface area contributed by atoms with Crippen molar-refractivity contribution in [1.29, 1.82) is 0 Å². The summed E-state index contributed by atoms with van der Waals surface area (Å²) >= 11 is 4.60. The van der Waals surface area contributed by atoms with Crippen LogP contribution in [0.15, 0.2) is 33.5 Å². The molecule has 0 radical (unpaired) electrons. The van der Waals surface area contributed by atoms with Crippen LogP contribution in [-0.2, 0) is 6.42 Å². The molecule has 2 heterocycles. The molecule has 6 nitrogen and oxygen atoms in total. The van der Waals surface area contributed by atoms with Gasteiger partial charge in [-0.3, -0.25) is 4.90 Å². The zero-order valence-corrected chi connectivity index (χ0v) is 17.3. The monoisotopic (exact) mass is 398 g/mol. The van der Waals surface area contributed by atoms with Crippen LogP contribution in [0.5, 0.6) is 0 Å². The summed E-state index contributed by atoms with van der Waals surface area (Å²) < 4.78 is 5.52. The van der Waals surface area contributed by atoms with Crippen molar-refractivity contribution in [3.05, 3.63) is 45.7 Å². The van der Waals surface area contributed by atoms with Gasteiger partial charge in [0.1, 0.15) is 0 Å². The maximum absolute atomic E-state index is 10.6. The fourth-order valence-corrected chi connectivity index (χ4v) is 4.90. The van der Waals surface area contributed by atoms with E-state index in [0.29, 0.717) is 30.2 Å². The van der Waals surface area contributed by atoms with Crippen LogP contribution >= 0.6 is 12.6 Å². The molecule has 4 rings (SSSR count). The highest BCUT2D eigenvalue weighted by molar-refractivity contribution is 7.90. The van der Waals surface area contributed by atoms with Crippen molar-refractivity contribution in [2.45, 2.75) is 45.6 Å². The first-order valence-corrected chi connectivity index (χ1v) is 10.5. The Morgan fingerprint density at radius 1 is 1.43 bits per heavy atom. The number of hydrogen-bond acceptors (Lipinski definition) is 7. The van der Waals surface area contributed by atoms with E-state index in [2.05, 4.69) is 64.9 Å². The Kier molecular flexibility index (Phi) is 5.64. The zero-order valence-electron chi connectivity index (χ0n) is 16.4. The average Bonchev–Trinajstić information content (AvgIpc) is 3.41. The molecule has 0 spiro atoms. The zero-order chi connectivity index (χ0) is 19.7. The summed E-state index contributed by atoms with van der Waals surface area (Å²) in [6, 6.07) is 6.72. The Bertz CT molecular complexity index is 908. The summed E-state index contributed by atoms with van der Waals surface area (Å²) in [5.74, 6) is 1.70. The third-order valence-electron chi connectivity index (χ3n) is 6.00. The molecule has 7 heteroatoms. The van der Waals surface area contributed by atoms with Gasteiger partial charge in [-0.2, -0.15) is 9.89 Å². The lowest BCUT2D eigenvalue weighted by Crippen LogP contribution is -2.26. The molecule has 2 aromatic rings. The Labute approximate surface area is 170 Å². The molecule has 0 bridgehead atoms. The molecule has 1 saturated heterocycles. The highest BCUT2D eigenvalue weighted by atomic mass is 32.1. The summed E-state index contributed by atoms with van der Waals surface area (Å²) in [6.07, 6.45) is 4.19. The number of thiol groups is 1. The van der Waals surface area contributed by atoms with Crippen LogP contribution in [0.3, 0.4) is 0 Å². The molecule has 28 heavy (non-hydrogen) atoms. The van der Waals surface area contributed by atoms with Crippen LogP contribution in [0.1, 0.15) is 56.2 Å². The van der Waals surface area contributed by atoms with Gasteiger partial charge < -0.3 is 4.52 Å². The summed E-state index contributed by atoms with van der Waals surface area (Å²) in [5.41, 5.74) is 4.85. The molecule has 1 aromatic carbocycles. The van der Waals surface area contributed by atoms with Gasteiger partial charge in [-0.1, -0.05) is 47.5 Å². The molecule has 0 N–H and O–H groups in total.